The summed E-state index contributed by atoms with van der Waals surface area (Å²) in [4.78, 5) is 25.4. The van der Waals surface area contributed by atoms with Crippen molar-refractivity contribution in [1.29, 1.82) is 0 Å². The van der Waals surface area contributed by atoms with Crippen LogP contribution in [0.15, 0.2) is 91.0 Å². The van der Waals surface area contributed by atoms with E-state index in [9.17, 15) is 9.59 Å². The Balaban J connectivity index is 1.65. The molecule has 0 fully saturated rings. The van der Waals surface area contributed by atoms with Crippen molar-refractivity contribution in [2.75, 3.05) is 0 Å². The first kappa shape index (κ1) is 21.3. The first-order valence-corrected chi connectivity index (χ1v) is 9.96. The fraction of sp³-hybridized carbons (Fsp3) is 0.200. The van der Waals surface area contributed by atoms with Gasteiger partial charge in [0.2, 0.25) is 5.91 Å². The maximum Gasteiger partial charge on any atom is 0.329 e. The third-order valence-electron chi connectivity index (χ3n) is 4.74. The number of nitrogens with one attached hydrogen (secondary N) is 1. The Hall–Kier alpha value is -3.44. The molecule has 0 bridgehead atoms. The quantitative estimate of drug-likeness (QED) is 0.539. The lowest BCUT2D eigenvalue weighted by atomic mass is 10.0. The Kier molecular flexibility index (Phi) is 7.75. The summed E-state index contributed by atoms with van der Waals surface area (Å²) in [6.45, 7) is 0.150. The van der Waals surface area contributed by atoms with Gasteiger partial charge in [0.25, 0.3) is 0 Å². The Labute approximate surface area is 176 Å². The average Bonchev–Trinajstić information content (AvgIpc) is 2.79. The van der Waals surface area contributed by atoms with Crippen LogP contribution in [0.25, 0.3) is 0 Å². The predicted molar refractivity (Wildman–Crippen MR) is 116 cm³/mol. The van der Waals surface area contributed by atoms with Crippen molar-refractivity contribution in [2.24, 2.45) is 5.73 Å². The maximum atomic E-state index is 12.8. The highest BCUT2D eigenvalue weighted by Gasteiger charge is 2.25. The molecule has 0 aliphatic carbocycles. The second kappa shape index (κ2) is 10.9. The van der Waals surface area contributed by atoms with Crippen LogP contribution in [0, 0.1) is 0 Å². The lowest BCUT2D eigenvalue weighted by molar-refractivity contribution is -0.149. The van der Waals surface area contributed by atoms with Crippen LogP contribution in [0.3, 0.4) is 0 Å². The Morgan fingerprint density at radius 1 is 0.733 bits per heavy atom. The summed E-state index contributed by atoms with van der Waals surface area (Å²) in [5.41, 5.74) is 8.87. The SMILES string of the molecule is NC(Cc1ccccc1)C(=O)NC(Cc1ccccc1)C(=O)OCc1ccccc1. The van der Waals surface area contributed by atoms with Crippen LogP contribution in [0.4, 0.5) is 0 Å². The minimum Gasteiger partial charge on any atom is -0.459 e. The summed E-state index contributed by atoms with van der Waals surface area (Å²) in [6, 6.07) is 26.9. The van der Waals surface area contributed by atoms with Crippen molar-refractivity contribution in [2.45, 2.75) is 31.5 Å². The van der Waals surface area contributed by atoms with Gasteiger partial charge < -0.3 is 15.8 Å². The van der Waals surface area contributed by atoms with Gasteiger partial charge in [-0.25, -0.2) is 4.79 Å². The van der Waals surface area contributed by atoms with E-state index in [1.165, 1.54) is 0 Å². The number of carbonyl (C=O) groups excluding carboxylic acids is 2. The van der Waals surface area contributed by atoms with E-state index in [2.05, 4.69) is 5.32 Å². The fourth-order valence-corrected chi connectivity index (χ4v) is 3.11. The first-order valence-electron chi connectivity index (χ1n) is 9.96. The van der Waals surface area contributed by atoms with Gasteiger partial charge in [-0.3, -0.25) is 4.79 Å². The number of esters is 1. The van der Waals surface area contributed by atoms with Gasteiger partial charge in [-0.2, -0.15) is 0 Å². The van der Waals surface area contributed by atoms with E-state index >= 15 is 0 Å². The molecular formula is C25H26N2O3. The van der Waals surface area contributed by atoms with Gasteiger partial charge in [-0.1, -0.05) is 91.0 Å². The summed E-state index contributed by atoms with van der Waals surface area (Å²) >= 11 is 0. The number of hydrogen-bond acceptors (Lipinski definition) is 4. The number of ether oxygens (including phenoxy) is 1. The molecule has 0 aliphatic rings. The molecule has 5 nitrogen and oxygen atoms in total. The first-order chi connectivity index (χ1) is 14.6. The second-order valence-electron chi connectivity index (χ2n) is 7.14. The molecule has 2 unspecified atom stereocenters. The van der Waals surface area contributed by atoms with Crippen LogP contribution in [0.2, 0.25) is 0 Å². The molecule has 3 aromatic carbocycles. The Morgan fingerprint density at radius 2 is 1.20 bits per heavy atom. The van der Waals surface area contributed by atoms with E-state index in [0.717, 1.165) is 16.7 Å². The number of carbonyl (C=O) groups is 2. The largest absolute Gasteiger partial charge is 0.459 e. The van der Waals surface area contributed by atoms with E-state index in [-0.39, 0.29) is 12.5 Å². The highest BCUT2D eigenvalue weighted by Crippen LogP contribution is 2.08. The molecule has 0 saturated heterocycles. The van der Waals surface area contributed by atoms with Gasteiger partial charge in [-0.15, -0.1) is 0 Å². The number of hydrogen-bond donors (Lipinski definition) is 2. The molecule has 0 radical (unpaired) electrons. The van der Waals surface area contributed by atoms with Crippen LogP contribution in [-0.2, 0) is 33.8 Å². The zero-order valence-electron chi connectivity index (χ0n) is 16.7. The smallest absolute Gasteiger partial charge is 0.329 e. The molecule has 3 aromatic rings. The van der Waals surface area contributed by atoms with Crippen molar-refractivity contribution >= 4 is 11.9 Å². The van der Waals surface area contributed by atoms with Crippen molar-refractivity contribution < 1.29 is 14.3 Å². The van der Waals surface area contributed by atoms with Gasteiger partial charge >= 0.3 is 5.97 Å². The van der Waals surface area contributed by atoms with E-state index in [4.69, 9.17) is 10.5 Å². The topological polar surface area (TPSA) is 81.4 Å². The predicted octanol–water partition coefficient (Wildman–Crippen LogP) is 3.03. The molecule has 0 spiro atoms. The van der Waals surface area contributed by atoms with Crippen LogP contribution in [0.5, 0.6) is 0 Å². The number of rotatable bonds is 9. The molecule has 5 heteroatoms. The normalized spacial score (nSPS) is 12.6. The molecule has 0 saturated carbocycles. The second-order valence-corrected chi connectivity index (χ2v) is 7.14. The molecule has 1 amide bonds. The van der Waals surface area contributed by atoms with Crippen molar-refractivity contribution in [3.8, 4) is 0 Å². The monoisotopic (exact) mass is 402 g/mol. The minimum absolute atomic E-state index is 0.150. The standard InChI is InChI=1S/C25H26N2O3/c26-22(16-19-10-4-1-5-11-19)24(28)27-23(17-20-12-6-2-7-13-20)25(29)30-18-21-14-8-3-9-15-21/h1-15,22-23H,16-18,26H2,(H,27,28). The van der Waals surface area contributed by atoms with Crippen LogP contribution in [-0.4, -0.2) is 24.0 Å². The highest BCUT2D eigenvalue weighted by atomic mass is 16.5. The molecule has 2 atom stereocenters. The molecule has 0 aromatic heterocycles. The lowest BCUT2D eigenvalue weighted by Crippen LogP contribution is -2.50. The third-order valence-corrected chi connectivity index (χ3v) is 4.74. The fourth-order valence-electron chi connectivity index (χ4n) is 3.11. The van der Waals surface area contributed by atoms with E-state index in [0.29, 0.717) is 12.8 Å². The average molecular weight is 402 g/mol. The number of benzene rings is 3. The van der Waals surface area contributed by atoms with E-state index in [1.54, 1.807) is 0 Å². The molecule has 3 N–H and O–H groups in total. The molecule has 3 rings (SSSR count). The molecule has 0 heterocycles. The van der Waals surface area contributed by atoms with Crippen LogP contribution >= 0.6 is 0 Å². The van der Waals surface area contributed by atoms with Gasteiger partial charge in [0, 0.05) is 6.42 Å². The summed E-state index contributed by atoms with van der Waals surface area (Å²) in [5, 5.41) is 2.78. The van der Waals surface area contributed by atoms with Crippen molar-refractivity contribution in [1.82, 2.24) is 5.32 Å². The summed E-state index contributed by atoms with van der Waals surface area (Å²) in [6.07, 6.45) is 0.724. The van der Waals surface area contributed by atoms with Gasteiger partial charge in [0.15, 0.2) is 0 Å². The number of amides is 1. The van der Waals surface area contributed by atoms with Gasteiger partial charge in [-0.05, 0) is 23.1 Å². The highest BCUT2D eigenvalue weighted by molar-refractivity contribution is 5.87. The Morgan fingerprint density at radius 3 is 1.73 bits per heavy atom. The summed E-state index contributed by atoms with van der Waals surface area (Å²) in [5.74, 6) is -0.862. The van der Waals surface area contributed by atoms with E-state index < -0.39 is 18.1 Å². The molecule has 30 heavy (non-hydrogen) atoms. The van der Waals surface area contributed by atoms with Gasteiger partial charge in [0.05, 0.1) is 6.04 Å². The van der Waals surface area contributed by atoms with E-state index in [1.807, 2.05) is 91.0 Å². The molecule has 0 aliphatic heterocycles. The molecular weight excluding hydrogens is 376 g/mol. The zero-order chi connectivity index (χ0) is 21.2. The summed E-state index contributed by atoms with van der Waals surface area (Å²) < 4.78 is 5.47. The zero-order valence-corrected chi connectivity index (χ0v) is 16.7. The third kappa shape index (κ3) is 6.57. The van der Waals surface area contributed by atoms with Crippen molar-refractivity contribution in [3.63, 3.8) is 0 Å². The van der Waals surface area contributed by atoms with Crippen molar-refractivity contribution in [3.05, 3.63) is 108 Å². The maximum absolute atomic E-state index is 12.8. The number of nitrogens with two attached hydrogens (primary N) is 1. The van der Waals surface area contributed by atoms with Crippen LogP contribution < -0.4 is 11.1 Å². The summed E-state index contributed by atoms with van der Waals surface area (Å²) in [7, 11) is 0. The van der Waals surface area contributed by atoms with Crippen LogP contribution in [0.1, 0.15) is 16.7 Å². The molecule has 154 valence electrons. The lowest BCUT2D eigenvalue weighted by Gasteiger charge is -2.20. The van der Waals surface area contributed by atoms with Gasteiger partial charge in [0.1, 0.15) is 12.6 Å². The minimum atomic E-state index is -0.814. The Bertz CT molecular complexity index is 930.